The van der Waals surface area contributed by atoms with E-state index in [1.54, 1.807) is 23.5 Å². The van der Waals surface area contributed by atoms with Gasteiger partial charge in [0.05, 0.1) is 16.8 Å². The summed E-state index contributed by atoms with van der Waals surface area (Å²) in [6, 6.07) is 14.2. The van der Waals surface area contributed by atoms with Crippen molar-refractivity contribution in [2.75, 3.05) is 0 Å². The number of halogens is 3. The van der Waals surface area contributed by atoms with Crippen LogP contribution in [-0.2, 0) is 19.3 Å². The highest BCUT2D eigenvalue weighted by Crippen LogP contribution is 2.30. The van der Waals surface area contributed by atoms with Crippen molar-refractivity contribution in [1.82, 2.24) is 10.3 Å². The van der Waals surface area contributed by atoms with Crippen molar-refractivity contribution in [3.8, 4) is 17.0 Å². The van der Waals surface area contributed by atoms with Crippen LogP contribution in [0.3, 0.4) is 0 Å². The highest BCUT2D eigenvalue weighted by Gasteiger charge is 2.29. The van der Waals surface area contributed by atoms with Crippen LogP contribution < -0.4 is 5.32 Å². The Balaban J connectivity index is 1.55. The molecule has 2 aromatic heterocycles. The van der Waals surface area contributed by atoms with E-state index in [-0.39, 0.29) is 5.75 Å². The minimum Gasteiger partial charge on any atom is -0.508 e. The molecule has 0 aliphatic rings. The molecule has 4 aromatic rings. The average Bonchev–Trinajstić information content (AvgIpc) is 3.22. The zero-order chi connectivity index (χ0) is 20.4. The van der Waals surface area contributed by atoms with Crippen LogP contribution in [-0.4, -0.2) is 10.1 Å². The predicted octanol–water partition coefficient (Wildman–Crippen LogP) is 5.98. The molecule has 0 radical (unpaired) electrons. The number of phenolic OH excluding ortho intramolecular Hbond substituents is 1. The zero-order valence-corrected chi connectivity index (χ0v) is 16.0. The standard InChI is InChI=1S/C22H17F3N2OS/c23-22(24,25)18-4-1-14(2-5-18)11-26-12-17-9-15-3-6-19(28)10-20(15)27-21(17)16-7-8-29-13-16/h1-10,13,26,28H,11-12H2. The molecule has 2 aromatic carbocycles. The largest absolute Gasteiger partial charge is 0.508 e. The maximum absolute atomic E-state index is 12.7. The van der Waals surface area contributed by atoms with Gasteiger partial charge in [-0.1, -0.05) is 12.1 Å². The van der Waals surface area contributed by atoms with Gasteiger partial charge in [0.1, 0.15) is 5.75 Å². The van der Waals surface area contributed by atoms with Crippen molar-refractivity contribution in [1.29, 1.82) is 0 Å². The maximum Gasteiger partial charge on any atom is 0.416 e. The van der Waals surface area contributed by atoms with Crippen LogP contribution in [0.1, 0.15) is 16.7 Å². The van der Waals surface area contributed by atoms with Gasteiger partial charge >= 0.3 is 6.18 Å². The zero-order valence-electron chi connectivity index (χ0n) is 15.2. The smallest absolute Gasteiger partial charge is 0.416 e. The number of thiophene rings is 1. The molecule has 0 unspecified atom stereocenters. The fraction of sp³-hybridized carbons (Fsp3) is 0.136. The molecule has 0 saturated carbocycles. The molecular weight excluding hydrogens is 397 g/mol. The first-order valence-corrected chi connectivity index (χ1v) is 9.86. The topological polar surface area (TPSA) is 45.1 Å². The lowest BCUT2D eigenvalue weighted by molar-refractivity contribution is -0.137. The third-order valence-electron chi connectivity index (χ3n) is 4.60. The summed E-state index contributed by atoms with van der Waals surface area (Å²) in [6.07, 6.45) is -4.33. The van der Waals surface area contributed by atoms with Crippen LogP contribution >= 0.6 is 11.3 Å². The van der Waals surface area contributed by atoms with E-state index in [9.17, 15) is 18.3 Å². The first-order valence-electron chi connectivity index (χ1n) is 8.92. The van der Waals surface area contributed by atoms with Crippen molar-refractivity contribution in [3.05, 3.63) is 82.0 Å². The Hall–Kier alpha value is -2.90. The third kappa shape index (κ3) is 4.41. The summed E-state index contributed by atoms with van der Waals surface area (Å²) in [5.74, 6) is 0.162. The van der Waals surface area contributed by atoms with Crippen molar-refractivity contribution in [2.24, 2.45) is 0 Å². The number of aromatic hydroxyl groups is 1. The Kier molecular flexibility index (Phi) is 5.25. The van der Waals surface area contributed by atoms with Gasteiger partial charge in [-0.25, -0.2) is 4.98 Å². The van der Waals surface area contributed by atoms with Gasteiger partial charge in [0, 0.05) is 35.5 Å². The van der Waals surface area contributed by atoms with E-state index >= 15 is 0 Å². The van der Waals surface area contributed by atoms with Gasteiger partial charge in [0.25, 0.3) is 0 Å². The number of alkyl halides is 3. The lowest BCUT2D eigenvalue weighted by Crippen LogP contribution is -2.14. The van der Waals surface area contributed by atoms with Crippen molar-refractivity contribution >= 4 is 22.2 Å². The Bertz CT molecular complexity index is 1120. The molecule has 148 valence electrons. The summed E-state index contributed by atoms with van der Waals surface area (Å²) in [6.45, 7) is 0.949. The Morgan fingerprint density at radius 1 is 0.966 bits per heavy atom. The van der Waals surface area contributed by atoms with Gasteiger partial charge < -0.3 is 10.4 Å². The van der Waals surface area contributed by atoms with Gasteiger partial charge in [-0.05, 0) is 52.9 Å². The number of phenols is 1. The molecule has 3 nitrogen and oxygen atoms in total. The maximum atomic E-state index is 12.7. The fourth-order valence-corrected chi connectivity index (χ4v) is 3.78. The number of nitrogens with one attached hydrogen (secondary N) is 1. The number of rotatable bonds is 5. The molecule has 0 aliphatic carbocycles. The van der Waals surface area contributed by atoms with Crippen molar-refractivity contribution in [3.63, 3.8) is 0 Å². The van der Waals surface area contributed by atoms with Crippen molar-refractivity contribution < 1.29 is 18.3 Å². The highest BCUT2D eigenvalue weighted by molar-refractivity contribution is 7.08. The molecule has 0 fully saturated rings. The Labute approximate surface area is 169 Å². The van der Waals surface area contributed by atoms with E-state index in [0.717, 1.165) is 39.9 Å². The summed E-state index contributed by atoms with van der Waals surface area (Å²) in [7, 11) is 0. The monoisotopic (exact) mass is 414 g/mol. The molecule has 2 heterocycles. The van der Waals surface area contributed by atoms with E-state index in [1.165, 1.54) is 12.1 Å². The molecular formula is C22H17F3N2OS. The average molecular weight is 414 g/mol. The molecule has 0 spiro atoms. The number of benzene rings is 2. The fourth-order valence-electron chi connectivity index (χ4n) is 3.14. The number of hydrogen-bond donors (Lipinski definition) is 2. The van der Waals surface area contributed by atoms with Crippen LogP contribution in [0.4, 0.5) is 13.2 Å². The van der Waals surface area contributed by atoms with Gasteiger partial charge in [-0.3, -0.25) is 0 Å². The summed E-state index contributed by atoms with van der Waals surface area (Å²) < 4.78 is 38.1. The third-order valence-corrected chi connectivity index (χ3v) is 5.28. The molecule has 0 amide bonds. The van der Waals surface area contributed by atoms with Crippen molar-refractivity contribution in [2.45, 2.75) is 19.3 Å². The molecule has 29 heavy (non-hydrogen) atoms. The number of fused-ring (bicyclic) bond motifs is 1. The van der Waals surface area contributed by atoms with E-state index < -0.39 is 11.7 Å². The number of hydrogen-bond acceptors (Lipinski definition) is 4. The van der Waals surface area contributed by atoms with Crippen LogP contribution in [0.2, 0.25) is 0 Å². The molecule has 0 bridgehead atoms. The molecule has 2 N–H and O–H groups in total. The van der Waals surface area contributed by atoms with E-state index in [0.29, 0.717) is 18.6 Å². The predicted molar refractivity (Wildman–Crippen MR) is 109 cm³/mol. The van der Waals surface area contributed by atoms with Gasteiger partial charge in [-0.15, -0.1) is 0 Å². The Morgan fingerprint density at radius 3 is 2.45 bits per heavy atom. The first-order chi connectivity index (χ1) is 13.9. The number of nitrogens with zero attached hydrogens (tertiary/aromatic N) is 1. The van der Waals surface area contributed by atoms with Crippen LogP contribution in [0.5, 0.6) is 5.75 Å². The summed E-state index contributed by atoms with van der Waals surface area (Å²) >= 11 is 1.57. The number of aromatic nitrogens is 1. The van der Waals surface area contributed by atoms with Crippen LogP contribution in [0.25, 0.3) is 22.2 Å². The quantitative estimate of drug-likeness (QED) is 0.422. The van der Waals surface area contributed by atoms with Gasteiger partial charge in [-0.2, -0.15) is 24.5 Å². The van der Waals surface area contributed by atoms with E-state index in [4.69, 9.17) is 4.98 Å². The second kappa shape index (κ2) is 7.85. The van der Waals surface area contributed by atoms with Crippen LogP contribution in [0.15, 0.2) is 65.4 Å². The molecule has 4 rings (SSSR count). The van der Waals surface area contributed by atoms with Gasteiger partial charge in [0.15, 0.2) is 0 Å². The second-order valence-corrected chi connectivity index (χ2v) is 7.46. The lowest BCUT2D eigenvalue weighted by atomic mass is 10.0. The normalized spacial score (nSPS) is 11.8. The lowest BCUT2D eigenvalue weighted by Gasteiger charge is -2.12. The SMILES string of the molecule is Oc1ccc2cc(CNCc3ccc(C(F)(F)F)cc3)c(-c3ccsc3)nc2c1. The highest BCUT2D eigenvalue weighted by atomic mass is 32.1. The van der Waals surface area contributed by atoms with Crippen LogP contribution in [0, 0.1) is 0 Å². The molecule has 7 heteroatoms. The molecule has 0 saturated heterocycles. The summed E-state index contributed by atoms with van der Waals surface area (Å²) in [4.78, 5) is 4.72. The molecule has 0 atom stereocenters. The number of pyridine rings is 1. The minimum absolute atomic E-state index is 0.162. The Morgan fingerprint density at radius 2 is 1.76 bits per heavy atom. The minimum atomic E-state index is -4.33. The van der Waals surface area contributed by atoms with E-state index in [2.05, 4.69) is 5.32 Å². The van der Waals surface area contributed by atoms with E-state index in [1.807, 2.05) is 29.0 Å². The van der Waals surface area contributed by atoms with Gasteiger partial charge in [0.2, 0.25) is 0 Å². The summed E-state index contributed by atoms with van der Waals surface area (Å²) in [5, 5.41) is 17.9. The molecule has 0 aliphatic heterocycles. The first kappa shape index (κ1) is 19.4. The summed E-state index contributed by atoms with van der Waals surface area (Å²) in [5.41, 5.74) is 3.62. The second-order valence-electron chi connectivity index (χ2n) is 6.68.